The van der Waals surface area contributed by atoms with E-state index in [-0.39, 0.29) is 30.2 Å². The molecule has 0 spiro atoms. The molecule has 1 aliphatic rings. The molecule has 0 saturated heterocycles. The standard InChI is InChI=1S/C17H21F5N2O3/c1-23-12-7-14(27-8-15(18)19)11(16(25)26)6-13(12)24-10-4-2-9(3-5-10)17(20,21)22/h6-7,9-10,15,23-24H,2-5,8H2,1H3,(H,25,26). The number of alkyl halides is 5. The van der Waals surface area contributed by atoms with E-state index in [9.17, 15) is 31.9 Å². The third-order valence-electron chi connectivity index (χ3n) is 4.53. The van der Waals surface area contributed by atoms with Crippen LogP contribution in [0.15, 0.2) is 12.1 Å². The van der Waals surface area contributed by atoms with Crippen molar-refractivity contribution in [1.82, 2.24) is 0 Å². The Morgan fingerprint density at radius 1 is 1.22 bits per heavy atom. The number of nitrogens with one attached hydrogen (secondary N) is 2. The van der Waals surface area contributed by atoms with E-state index in [1.54, 1.807) is 7.05 Å². The molecule has 0 heterocycles. The molecule has 27 heavy (non-hydrogen) atoms. The van der Waals surface area contributed by atoms with Crippen molar-refractivity contribution in [1.29, 1.82) is 0 Å². The Bertz CT molecular complexity index is 659. The molecule has 1 saturated carbocycles. The molecule has 5 nitrogen and oxygen atoms in total. The van der Waals surface area contributed by atoms with E-state index >= 15 is 0 Å². The van der Waals surface area contributed by atoms with Crippen molar-refractivity contribution in [2.24, 2.45) is 5.92 Å². The minimum atomic E-state index is -4.21. The molecule has 0 aliphatic heterocycles. The predicted molar refractivity (Wildman–Crippen MR) is 89.9 cm³/mol. The van der Waals surface area contributed by atoms with Gasteiger partial charge in [0.15, 0.2) is 0 Å². The number of benzene rings is 1. The first-order valence-electron chi connectivity index (χ1n) is 8.45. The molecular weight excluding hydrogens is 375 g/mol. The molecule has 1 aromatic rings. The minimum absolute atomic E-state index is 0.00256. The number of carboxylic acids is 1. The smallest absolute Gasteiger partial charge is 0.391 e. The van der Waals surface area contributed by atoms with Crippen LogP contribution >= 0.6 is 0 Å². The van der Waals surface area contributed by atoms with Gasteiger partial charge >= 0.3 is 12.1 Å². The van der Waals surface area contributed by atoms with Gasteiger partial charge in [0.05, 0.1) is 17.3 Å². The van der Waals surface area contributed by atoms with Gasteiger partial charge in [-0.3, -0.25) is 0 Å². The van der Waals surface area contributed by atoms with Gasteiger partial charge in [-0.05, 0) is 31.7 Å². The lowest BCUT2D eigenvalue weighted by Crippen LogP contribution is -2.33. The van der Waals surface area contributed by atoms with Gasteiger partial charge in [-0.15, -0.1) is 0 Å². The maximum Gasteiger partial charge on any atom is 0.391 e. The summed E-state index contributed by atoms with van der Waals surface area (Å²) in [7, 11) is 1.55. The summed E-state index contributed by atoms with van der Waals surface area (Å²) >= 11 is 0. The Morgan fingerprint density at radius 3 is 2.33 bits per heavy atom. The van der Waals surface area contributed by atoms with Crippen molar-refractivity contribution in [2.45, 2.75) is 44.3 Å². The maximum atomic E-state index is 12.8. The fourth-order valence-corrected chi connectivity index (χ4v) is 3.13. The van der Waals surface area contributed by atoms with E-state index in [0.717, 1.165) is 0 Å². The Morgan fingerprint density at radius 2 is 1.85 bits per heavy atom. The number of aromatic carboxylic acids is 1. The Balaban J connectivity index is 2.16. The number of anilines is 2. The van der Waals surface area contributed by atoms with Crippen LogP contribution in [0.3, 0.4) is 0 Å². The fourth-order valence-electron chi connectivity index (χ4n) is 3.13. The van der Waals surface area contributed by atoms with Crippen molar-refractivity contribution in [3.8, 4) is 5.75 Å². The van der Waals surface area contributed by atoms with Gasteiger partial charge in [-0.1, -0.05) is 0 Å². The van der Waals surface area contributed by atoms with Crippen molar-refractivity contribution in [3.63, 3.8) is 0 Å². The highest BCUT2D eigenvalue weighted by molar-refractivity contribution is 5.94. The van der Waals surface area contributed by atoms with Gasteiger partial charge in [-0.2, -0.15) is 13.2 Å². The molecule has 10 heteroatoms. The topological polar surface area (TPSA) is 70.6 Å². The second-order valence-corrected chi connectivity index (χ2v) is 6.39. The second-order valence-electron chi connectivity index (χ2n) is 6.39. The zero-order valence-corrected chi connectivity index (χ0v) is 14.6. The van der Waals surface area contributed by atoms with Crippen molar-refractivity contribution >= 4 is 17.3 Å². The molecule has 152 valence electrons. The summed E-state index contributed by atoms with van der Waals surface area (Å²) in [5.41, 5.74) is 0.470. The number of hydrogen-bond acceptors (Lipinski definition) is 4. The molecule has 2 rings (SSSR count). The zero-order valence-electron chi connectivity index (χ0n) is 14.6. The first kappa shape index (κ1) is 21.0. The third kappa shape index (κ3) is 5.61. The third-order valence-corrected chi connectivity index (χ3v) is 4.53. The van der Waals surface area contributed by atoms with E-state index in [2.05, 4.69) is 10.6 Å². The quantitative estimate of drug-likeness (QED) is 0.588. The molecule has 0 radical (unpaired) electrons. The van der Waals surface area contributed by atoms with Gasteiger partial charge in [0.25, 0.3) is 6.43 Å². The van der Waals surface area contributed by atoms with Gasteiger partial charge in [-0.25, -0.2) is 13.6 Å². The summed E-state index contributed by atoms with van der Waals surface area (Å²) in [6.07, 6.45) is -6.39. The molecule has 0 amide bonds. The number of rotatable bonds is 7. The summed E-state index contributed by atoms with van der Waals surface area (Å²) in [5.74, 6) is -2.89. The van der Waals surface area contributed by atoms with Crippen LogP contribution in [0.4, 0.5) is 33.3 Å². The lowest BCUT2D eigenvalue weighted by atomic mass is 9.85. The Hall–Kier alpha value is -2.26. The average molecular weight is 396 g/mol. The van der Waals surface area contributed by atoms with Crippen LogP contribution in [0.2, 0.25) is 0 Å². The summed E-state index contributed by atoms with van der Waals surface area (Å²) < 4.78 is 67.9. The van der Waals surface area contributed by atoms with E-state index in [1.807, 2.05) is 0 Å². The molecule has 1 aromatic carbocycles. The van der Waals surface area contributed by atoms with E-state index in [1.165, 1.54) is 12.1 Å². The number of ether oxygens (including phenoxy) is 1. The number of carboxylic acid groups (broad SMARTS) is 1. The summed E-state index contributed by atoms with van der Waals surface area (Å²) in [6, 6.07) is 2.28. The van der Waals surface area contributed by atoms with E-state index < -0.39 is 31.1 Å². The molecular formula is C17H21F5N2O3. The Labute approximate surface area is 152 Å². The van der Waals surface area contributed by atoms with Gasteiger partial charge in [0.2, 0.25) is 0 Å². The van der Waals surface area contributed by atoms with Crippen LogP contribution in [0.25, 0.3) is 0 Å². The highest BCUT2D eigenvalue weighted by atomic mass is 19.4. The van der Waals surface area contributed by atoms with Gasteiger partial charge < -0.3 is 20.5 Å². The first-order valence-corrected chi connectivity index (χ1v) is 8.45. The Kier molecular flexibility index (Phi) is 6.72. The summed E-state index contributed by atoms with van der Waals surface area (Å²) in [5, 5.41) is 15.2. The summed E-state index contributed by atoms with van der Waals surface area (Å²) in [4.78, 5) is 11.4. The minimum Gasteiger partial charge on any atom is -0.487 e. The molecule has 0 atom stereocenters. The van der Waals surface area contributed by atoms with Gasteiger partial charge in [0.1, 0.15) is 17.9 Å². The van der Waals surface area contributed by atoms with Crippen molar-refractivity contribution in [2.75, 3.05) is 24.3 Å². The molecule has 0 bridgehead atoms. The number of hydrogen-bond donors (Lipinski definition) is 3. The largest absolute Gasteiger partial charge is 0.487 e. The maximum absolute atomic E-state index is 12.8. The molecule has 1 aliphatic carbocycles. The first-order chi connectivity index (χ1) is 12.6. The lowest BCUT2D eigenvalue weighted by molar-refractivity contribution is -0.182. The van der Waals surface area contributed by atoms with Crippen LogP contribution in [-0.2, 0) is 0 Å². The van der Waals surface area contributed by atoms with E-state index in [0.29, 0.717) is 24.2 Å². The second kappa shape index (κ2) is 8.62. The zero-order chi connectivity index (χ0) is 20.2. The van der Waals surface area contributed by atoms with Crippen LogP contribution in [0.1, 0.15) is 36.0 Å². The lowest BCUT2D eigenvalue weighted by Gasteiger charge is -2.31. The highest BCUT2D eigenvalue weighted by Gasteiger charge is 2.41. The molecule has 3 N–H and O–H groups in total. The van der Waals surface area contributed by atoms with Crippen molar-refractivity contribution < 1.29 is 36.6 Å². The summed E-state index contributed by atoms with van der Waals surface area (Å²) in [6.45, 7) is -0.947. The number of carbonyl (C=O) groups is 1. The van der Waals surface area contributed by atoms with Crippen LogP contribution in [0.5, 0.6) is 5.75 Å². The molecule has 1 fully saturated rings. The predicted octanol–water partition coefficient (Wildman–Crippen LogP) is 4.60. The van der Waals surface area contributed by atoms with Crippen LogP contribution < -0.4 is 15.4 Å². The normalized spacial score (nSPS) is 20.4. The van der Waals surface area contributed by atoms with Crippen LogP contribution in [-0.4, -0.2) is 43.4 Å². The number of halogens is 5. The molecule has 0 aromatic heterocycles. The average Bonchev–Trinajstić information content (AvgIpc) is 2.59. The SMILES string of the molecule is CNc1cc(OCC(F)F)c(C(=O)O)cc1NC1CCC(C(F)(F)F)CC1. The van der Waals surface area contributed by atoms with Gasteiger partial charge in [0, 0.05) is 19.2 Å². The van der Waals surface area contributed by atoms with E-state index in [4.69, 9.17) is 4.74 Å². The highest BCUT2D eigenvalue weighted by Crippen LogP contribution is 2.39. The fraction of sp³-hybridized carbons (Fsp3) is 0.588. The van der Waals surface area contributed by atoms with Crippen molar-refractivity contribution in [3.05, 3.63) is 17.7 Å². The molecule has 0 unspecified atom stereocenters. The van der Waals surface area contributed by atoms with Crippen LogP contribution in [0, 0.1) is 5.92 Å². The monoisotopic (exact) mass is 396 g/mol.